The Kier molecular flexibility index (Phi) is 2.85. The third-order valence-electron chi connectivity index (χ3n) is 2.76. The summed E-state index contributed by atoms with van der Waals surface area (Å²) >= 11 is 4.96. The summed E-state index contributed by atoms with van der Waals surface area (Å²) in [4.78, 5) is 8.06. The van der Waals surface area contributed by atoms with E-state index in [0.717, 1.165) is 11.4 Å². The third-order valence-corrected chi connectivity index (χ3v) is 2.95. The van der Waals surface area contributed by atoms with Crippen LogP contribution in [0.5, 0.6) is 0 Å². The van der Waals surface area contributed by atoms with E-state index in [-0.39, 0.29) is 5.41 Å². The number of aryl methyl sites for hydroxylation is 1. The van der Waals surface area contributed by atoms with E-state index in [2.05, 4.69) is 9.97 Å². The lowest BCUT2D eigenvalue weighted by molar-refractivity contribution is 0.0899. The van der Waals surface area contributed by atoms with Gasteiger partial charge < -0.3 is 0 Å². The Morgan fingerprint density at radius 1 is 1.28 bits per heavy atom. The van der Waals surface area contributed by atoms with Crippen LogP contribution in [0, 0.1) is 6.92 Å². The Bertz CT molecular complexity index is 594. The van der Waals surface area contributed by atoms with Gasteiger partial charge in [-0.1, -0.05) is 20.8 Å². The lowest BCUT2D eigenvalue weighted by Crippen LogP contribution is -2.13. The van der Waals surface area contributed by atoms with Crippen LogP contribution in [0.1, 0.15) is 37.9 Å². The fraction of sp³-hybridized carbons (Fsp3) is 0.500. The Morgan fingerprint density at radius 3 is 2.39 bits per heavy atom. The zero-order valence-electron chi connectivity index (χ0n) is 10.6. The van der Waals surface area contributed by atoms with Gasteiger partial charge in [0.15, 0.2) is 0 Å². The van der Waals surface area contributed by atoms with E-state index in [4.69, 9.17) is 11.6 Å². The van der Waals surface area contributed by atoms with Crippen molar-refractivity contribution in [3.8, 4) is 0 Å². The van der Waals surface area contributed by atoms with Crippen LogP contribution in [0.4, 0.5) is 8.78 Å². The molecule has 0 spiro atoms. The number of nitrogens with zero attached hydrogens (tertiary/aromatic N) is 3. The minimum Gasteiger partial charge on any atom is -0.287 e. The molecule has 0 fully saturated rings. The van der Waals surface area contributed by atoms with Gasteiger partial charge in [0.05, 0.1) is 5.69 Å². The molecule has 2 heterocycles. The Morgan fingerprint density at radius 2 is 1.89 bits per heavy atom. The van der Waals surface area contributed by atoms with Gasteiger partial charge in [0.25, 0.3) is 0 Å². The van der Waals surface area contributed by atoms with Crippen LogP contribution in [0.3, 0.4) is 0 Å². The maximum atomic E-state index is 13.0. The molecule has 0 N–H and O–H groups in total. The first-order valence-corrected chi connectivity index (χ1v) is 5.91. The van der Waals surface area contributed by atoms with Crippen LogP contribution < -0.4 is 0 Å². The summed E-state index contributed by atoms with van der Waals surface area (Å²) in [5.74, 6) is 0. The summed E-state index contributed by atoms with van der Waals surface area (Å²) < 4.78 is 27.7. The number of aromatic nitrogens is 3. The average molecular weight is 274 g/mol. The van der Waals surface area contributed by atoms with Crippen molar-refractivity contribution in [2.45, 2.75) is 38.5 Å². The van der Waals surface area contributed by atoms with E-state index in [1.54, 1.807) is 4.40 Å². The van der Waals surface area contributed by atoms with Crippen LogP contribution >= 0.6 is 11.6 Å². The number of halogens is 3. The van der Waals surface area contributed by atoms with Crippen molar-refractivity contribution < 1.29 is 8.78 Å². The Balaban J connectivity index is 2.67. The van der Waals surface area contributed by atoms with E-state index < -0.39 is 11.1 Å². The summed E-state index contributed by atoms with van der Waals surface area (Å²) in [6.07, 6.45) is 1.33. The highest BCUT2D eigenvalue weighted by atomic mass is 35.5. The van der Waals surface area contributed by atoms with Crippen molar-refractivity contribution in [1.29, 1.82) is 0 Å². The third kappa shape index (κ3) is 2.19. The van der Waals surface area contributed by atoms with Crippen molar-refractivity contribution >= 4 is 17.2 Å². The minimum absolute atomic E-state index is 0.153. The van der Waals surface area contributed by atoms with Gasteiger partial charge in [-0.25, -0.2) is 9.97 Å². The molecule has 2 aromatic rings. The molecule has 0 aliphatic rings. The number of fused-ring (bicyclic) bond motifs is 1. The maximum Gasteiger partial charge on any atom is 0.364 e. The molecule has 2 aromatic heterocycles. The van der Waals surface area contributed by atoms with Crippen molar-refractivity contribution in [3.63, 3.8) is 0 Å². The molecule has 0 aliphatic heterocycles. The predicted molar refractivity (Wildman–Crippen MR) is 66.2 cm³/mol. The average Bonchev–Trinajstić information content (AvgIpc) is 2.54. The molecule has 0 bridgehead atoms. The standard InChI is InChI=1S/C12H14ClF2N3/c1-7-10(11(2,3)4)17-9-5-8(12(13,14)15)16-6-18(7)9/h5-6H,1-4H3. The van der Waals surface area contributed by atoms with E-state index in [0.29, 0.717) is 5.65 Å². The highest BCUT2D eigenvalue weighted by Crippen LogP contribution is 2.32. The van der Waals surface area contributed by atoms with Gasteiger partial charge in [-0.2, -0.15) is 8.78 Å². The highest BCUT2D eigenvalue weighted by molar-refractivity contribution is 6.21. The van der Waals surface area contributed by atoms with Crippen LogP contribution in [0.25, 0.3) is 5.65 Å². The summed E-state index contributed by atoms with van der Waals surface area (Å²) in [6.45, 7) is 7.95. The fourth-order valence-electron chi connectivity index (χ4n) is 1.93. The molecule has 6 heteroatoms. The molecule has 0 unspecified atom stereocenters. The molecule has 2 rings (SSSR count). The molecule has 0 aromatic carbocycles. The second-order valence-corrected chi connectivity index (χ2v) is 5.77. The van der Waals surface area contributed by atoms with E-state index in [1.165, 1.54) is 12.4 Å². The molecular formula is C12H14ClF2N3. The summed E-state index contributed by atoms with van der Waals surface area (Å²) in [7, 11) is 0. The first-order chi connectivity index (χ1) is 8.10. The smallest absolute Gasteiger partial charge is 0.287 e. The fourth-order valence-corrected chi connectivity index (χ4v) is 2.03. The first-order valence-electron chi connectivity index (χ1n) is 5.53. The summed E-state index contributed by atoms with van der Waals surface area (Å²) in [6, 6.07) is 1.22. The molecule has 0 saturated carbocycles. The lowest BCUT2D eigenvalue weighted by atomic mass is 9.91. The molecule has 0 aliphatic carbocycles. The number of hydrogen-bond donors (Lipinski definition) is 0. The van der Waals surface area contributed by atoms with E-state index in [1.807, 2.05) is 27.7 Å². The maximum absolute atomic E-state index is 13.0. The second kappa shape index (κ2) is 3.88. The Hall–Kier alpha value is -1.23. The molecule has 18 heavy (non-hydrogen) atoms. The summed E-state index contributed by atoms with van der Waals surface area (Å²) in [5.41, 5.74) is 1.55. The van der Waals surface area contributed by atoms with E-state index in [9.17, 15) is 8.78 Å². The van der Waals surface area contributed by atoms with Crippen LogP contribution in [0.15, 0.2) is 12.4 Å². The molecule has 0 saturated heterocycles. The van der Waals surface area contributed by atoms with Gasteiger partial charge in [-0.3, -0.25) is 4.40 Å². The normalized spacial score (nSPS) is 13.3. The van der Waals surface area contributed by atoms with Crippen molar-refractivity contribution in [2.75, 3.05) is 0 Å². The largest absolute Gasteiger partial charge is 0.364 e. The molecule has 98 valence electrons. The number of alkyl halides is 3. The monoisotopic (exact) mass is 273 g/mol. The van der Waals surface area contributed by atoms with Gasteiger partial charge in [0, 0.05) is 17.2 Å². The van der Waals surface area contributed by atoms with Crippen LogP contribution in [-0.4, -0.2) is 14.4 Å². The van der Waals surface area contributed by atoms with Crippen molar-refractivity contribution in [2.24, 2.45) is 0 Å². The highest BCUT2D eigenvalue weighted by Gasteiger charge is 2.31. The lowest BCUT2D eigenvalue weighted by Gasteiger charge is -2.16. The van der Waals surface area contributed by atoms with Crippen molar-refractivity contribution in [3.05, 3.63) is 29.5 Å². The molecule has 3 nitrogen and oxygen atoms in total. The number of imidazole rings is 1. The zero-order valence-corrected chi connectivity index (χ0v) is 11.4. The van der Waals surface area contributed by atoms with Gasteiger partial charge >= 0.3 is 5.38 Å². The summed E-state index contributed by atoms with van der Waals surface area (Å²) in [5, 5.41) is -3.47. The minimum atomic E-state index is -3.47. The van der Waals surface area contributed by atoms with Gasteiger partial charge in [-0.05, 0) is 18.5 Å². The predicted octanol–water partition coefficient (Wildman–Crippen LogP) is 3.62. The van der Waals surface area contributed by atoms with Crippen LogP contribution in [0.2, 0.25) is 0 Å². The van der Waals surface area contributed by atoms with Crippen LogP contribution in [-0.2, 0) is 10.8 Å². The number of rotatable bonds is 1. The van der Waals surface area contributed by atoms with Gasteiger partial charge in [-0.15, -0.1) is 0 Å². The molecule has 0 atom stereocenters. The first kappa shape index (κ1) is 13.2. The van der Waals surface area contributed by atoms with Gasteiger partial charge in [0.2, 0.25) is 0 Å². The SMILES string of the molecule is Cc1c(C(C)(C)C)nc2cc(C(F)(F)Cl)ncn12. The Labute approximate surface area is 109 Å². The molecule has 0 radical (unpaired) electrons. The quantitative estimate of drug-likeness (QED) is 0.743. The van der Waals surface area contributed by atoms with E-state index >= 15 is 0 Å². The molecular weight excluding hydrogens is 260 g/mol. The number of hydrogen-bond acceptors (Lipinski definition) is 2. The van der Waals surface area contributed by atoms with Crippen molar-refractivity contribution in [1.82, 2.24) is 14.4 Å². The zero-order chi connectivity index (χ0) is 13.7. The topological polar surface area (TPSA) is 30.2 Å². The second-order valence-electron chi connectivity index (χ2n) is 5.30. The van der Waals surface area contributed by atoms with Gasteiger partial charge in [0.1, 0.15) is 17.7 Å². The molecule has 0 amide bonds.